The molecule has 0 aliphatic heterocycles. The van der Waals surface area contributed by atoms with Crippen LogP contribution in [-0.2, 0) is 4.79 Å². The second-order valence-corrected chi connectivity index (χ2v) is 5.94. The predicted octanol–water partition coefficient (Wildman–Crippen LogP) is 5.10. The third-order valence-electron chi connectivity index (χ3n) is 3.03. The van der Waals surface area contributed by atoms with Gasteiger partial charge in [-0.3, -0.25) is 14.9 Å². The Labute approximate surface area is 157 Å². The van der Waals surface area contributed by atoms with Crippen LogP contribution in [0.3, 0.4) is 0 Å². The third-order valence-corrected chi connectivity index (χ3v) is 4.10. The van der Waals surface area contributed by atoms with Crippen LogP contribution in [0.1, 0.15) is 5.56 Å². The van der Waals surface area contributed by atoms with Gasteiger partial charge >= 0.3 is 0 Å². The standard InChI is InChI=1S/C16H8Cl3N3O3/c17-12-3-1-9(6-14(12)19)5-10(8-20)16(23)21-15-7-11(22(24)25)2-4-13(15)18/h1-7H,(H,21,23)/b10-5+. The Hall–Kier alpha value is -2.59. The number of amides is 1. The maximum absolute atomic E-state index is 12.2. The number of nitriles is 1. The van der Waals surface area contributed by atoms with Crippen molar-refractivity contribution in [2.24, 2.45) is 0 Å². The quantitative estimate of drug-likeness (QED) is 0.336. The largest absolute Gasteiger partial charge is 0.320 e. The van der Waals surface area contributed by atoms with Crippen LogP contribution >= 0.6 is 34.8 Å². The van der Waals surface area contributed by atoms with Gasteiger partial charge in [-0.05, 0) is 29.8 Å². The summed E-state index contributed by atoms with van der Waals surface area (Å²) >= 11 is 17.6. The minimum absolute atomic E-state index is 0.0242. The van der Waals surface area contributed by atoms with Gasteiger partial charge in [0, 0.05) is 12.1 Å². The van der Waals surface area contributed by atoms with E-state index in [9.17, 15) is 20.2 Å². The lowest BCUT2D eigenvalue weighted by molar-refractivity contribution is -0.384. The van der Waals surface area contributed by atoms with E-state index in [1.807, 2.05) is 0 Å². The first-order valence-corrected chi connectivity index (χ1v) is 7.77. The normalized spacial score (nSPS) is 10.9. The van der Waals surface area contributed by atoms with Gasteiger partial charge < -0.3 is 5.32 Å². The Morgan fingerprint density at radius 2 is 1.80 bits per heavy atom. The van der Waals surface area contributed by atoms with Crippen LogP contribution in [0.5, 0.6) is 0 Å². The number of hydrogen-bond acceptors (Lipinski definition) is 4. The van der Waals surface area contributed by atoms with E-state index in [2.05, 4.69) is 5.32 Å². The van der Waals surface area contributed by atoms with E-state index >= 15 is 0 Å². The Kier molecular flexibility index (Phi) is 5.99. The van der Waals surface area contributed by atoms with E-state index in [0.717, 1.165) is 6.07 Å². The molecule has 2 rings (SSSR count). The van der Waals surface area contributed by atoms with Crippen LogP contribution in [0, 0.1) is 21.4 Å². The summed E-state index contributed by atoms with van der Waals surface area (Å²) < 4.78 is 0. The van der Waals surface area contributed by atoms with Crippen molar-refractivity contribution in [1.29, 1.82) is 5.26 Å². The van der Waals surface area contributed by atoms with Crippen molar-refractivity contribution in [2.45, 2.75) is 0 Å². The van der Waals surface area contributed by atoms with Crippen molar-refractivity contribution in [3.8, 4) is 6.07 Å². The summed E-state index contributed by atoms with van der Waals surface area (Å²) in [5, 5.41) is 23.1. The molecule has 0 aromatic heterocycles. The van der Waals surface area contributed by atoms with Crippen LogP contribution in [-0.4, -0.2) is 10.8 Å². The molecule has 1 amide bonds. The van der Waals surface area contributed by atoms with E-state index in [1.54, 1.807) is 12.1 Å². The summed E-state index contributed by atoms with van der Waals surface area (Å²) in [5.74, 6) is -0.768. The molecule has 0 saturated heterocycles. The lowest BCUT2D eigenvalue weighted by Gasteiger charge is -2.06. The molecule has 1 N–H and O–H groups in total. The molecule has 6 nitrogen and oxygen atoms in total. The molecule has 9 heteroatoms. The third kappa shape index (κ3) is 4.70. The van der Waals surface area contributed by atoms with Gasteiger partial charge in [-0.2, -0.15) is 5.26 Å². The molecule has 0 aliphatic rings. The number of hydrogen-bond donors (Lipinski definition) is 1. The number of halogens is 3. The number of carbonyl (C=O) groups is 1. The van der Waals surface area contributed by atoms with E-state index in [0.29, 0.717) is 10.6 Å². The summed E-state index contributed by atoms with van der Waals surface area (Å²) in [6.07, 6.45) is 1.31. The molecule has 0 heterocycles. The summed E-state index contributed by atoms with van der Waals surface area (Å²) in [6.45, 7) is 0. The number of rotatable bonds is 4. The van der Waals surface area contributed by atoms with Gasteiger partial charge in [0.15, 0.2) is 0 Å². The lowest BCUT2D eigenvalue weighted by Crippen LogP contribution is -2.14. The molecule has 0 aliphatic carbocycles. The number of benzene rings is 2. The summed E-state index contributed by atoms with van der Waals surface area (Å²) in [6, 6.07) is 9.95. The first-order chi connectivity index (χ1) is 11.8. The molecule has 0 saturated carbocycles. The zero-order valence-corrected chi connectivity index (χ0v) is 14.6. The van der Waals surface area contributed by atoms with E-state index < -0.39 is 10.8 Å². The minimum atomic E-state index is -0.768. The molecular formula is C16H8Cl3N3O3. The molecular weight excluding hydrogens is 389 g/mol. The van der Waals surface area contributed by atoms with Crippen molar-refractivity contribution in [3.63, 3.8) is 0 Å². The van der Waals surface area contributed by atoms with Crippen molar-refractivity contribution >= 4 is 58.2 Å². The van der Waals surface area contributed by atoms with E-state index in [1.165, 1.54) is 30.3 Å². The number of anilines is 1. The SMILES string of the molecule is N#C/C(=C\c1ccc(Cl)c(Cl)c1)C(=O)Nc1cc([N+](=O)[O-])ccc1Cl. The van der Waals surface area contributed by atoms with Gasteiger partial charge in [-0.15, -0.1) is 0 Å². The van der Waals surface area contributed by atoms with Gasteiger partial charge in [0.1, 0.15) is 11.6 Å². The van der Waals surface area contributed by atoms with Crippen molar-refractivity contribution in [2.75, 3.05) is 5.32 Å². The minimum Gasteiger partial charge on any atom is -0.320 e. The van der Waals surface area contributed by atoms with Crippen LogP contribution in [0.15, 0.2) is 42.0 Å². The van der Waals surface area contributed by atoms with E-state index in [-0.39, 0.29) is 27.0 Å². The monoisotopic (exact) mass is 395 g/mol. The van der Waals surface area contributed by atoms with Crippen LogP contribution < -0.4 is 5.32 Å². The van der Waals surface area contributed by atoms with Crippen LogP contribution in [0.25, 0.3) is 6.08 Å². The Morgan fingerprint density at radius 1 is 1.12 bits per heavy atom. The molecule has 0 atom stereocenters. The van der Waals surface area contributed by atoms with Gasteiger partial charge in [-0.1, -0.05) is 40.9 Å². The average molecular weight is 397 g/mol. The topological polar surface area (TPSA) is 96.0 Å². The zero-order valence-electron chi connectivity index (χ0n) is 12.3. The highest BCUT2D eigenvalue weighted by molar-refractivity contribution is 6.42. The first kappa shape index (κ1) is 18.7. The second kappa shape index (κ2) is 7.99. The molecule has 25 heavy (non-hydrogen) atoms. The molecule has 0 radical (unpaired) electrons. The maximum atomic E-state index is 12.2. The molecule has 126 valence electrons. The highest BCUT2D eigenvalue weighted by atomic mass is 35.5. The fourth-order valence-corrected chi connectivity index (χ4v) is 2.30. The molecule has 0 fully saturated rings. The smallest absolute Gasteiger partial charge is 0.271 e. The molecule has 0 spiro atoms. The lowest BCUT2D eigenvalue weighted by atomic mass is 10.1. The van der Waals surface area contributed by atoms with Gasteiger partial charge in [-0.25, -0.2) is 0 Å². The van der Waals surface area contributed by atoms with E-state index in [4.69, 9.17) is 34.8 Å². The van der Waals surface area contributed by atoms with Crippen LogP contribution in [0.2, 0.25) is 15.1 Å². The Morgan fingerprint density at radius 3 is 2.40 bits per heavy atom. The highest BCUT2D eigenvalue weighted by Gasteiger charge is 2.15. The van der Waals surface area contributed by atoms with Gasteiger partial charge in [0.05, 0.1) is 25.7 Å². The molecule has 2 aromatic rings. The van der Waals surface area contributed by atoms with Gasteiger partial charge in [0.2, 0.25) is 0 Å². The number of carbonyl (C=O) groups excluding carboxylic acids is 1. The summed E-state index contributed by atoms with van der Waals surface area (Å²) in [4.78, 5) is 22.4. The zero-order chi connectivity index (χ0) is 18.6. The summed E-state index contributed by atoms with van der Waals surface area (Å²) in [5.41, 5.74) is 0.0371. The number of nitrogens with one attached hydrogen (secondary N) is 1. The molecule has 0 unspecified atom stereocenters. The van der Waals surface area contributed by atoms with Gasteiger partial charge in [0.25, 0.3) is 11.6 Å². The molecule has 2 aromatic carbocycles. The Bertz CT molecular complexity index is 936. The number of nitro benzene ring substituents is 1. The predicted molar refractivity (Wildman–Crippen MR) is 96.8 cm³/mol. The average Bonchev–Trinajstić information content (AvgIpc) is 2.57. The molecule has 0 bridgehead atoms. The van der Waals surface area contributed by atoms with Crippen molar-refractivity contribution in [3.05, 3.63) is 72.7 Å². The fraction of sp³-hybridized carbons (Fsp3) is 0. The fourth-order valence-electron chi connectivity index (χ4n) is 1.83. The maximum Gasteiger partial charge on any atom is 0.271 e. The number of nitrogens with zero attached hydrogens (tertiary/aromatic N) is 2. The summed E-state index contributed by atoms with van der Waals surface area (Å²) in [7, 11) is 0. The van der Waals surface area contributed by atoms with Crippen LogP contribution in [0.4, 0.5) is 11.4 Å². The number of non-ortho nitro benzene ring substituents is 1. The second-order valence-electron chi connectivity index (χ2n) is 4.72. The Balaban J connectivity index is 2.30. The first-order valence-electron chi connectivity index (χ1n) is 6.64. The highest BCUT2D eigenvalue weighted by Crippen LogP contribution is 2.27. The van der Waals surface area contributed by atoms with Crippen molar-refractivity contribution in [1.82, 2.24) is 0 Å². The van der Waals surface area contributed by atoms with Crippen molar-refractivity contribution < 1.29 is 9.72 Å². The number of nitro groups is 1.